The Kier molecular flexibility index (Phi) is 36.9. The summed E-state index contributed by atoms with van der Waals surface area (Å²) in [6.45, 7) is 4.28. The van der Waals surface area contributed by atoms with Gasteiger partial charge in [0.05, 0.1) is 18.8 Å². The van der Waals surface area contributed by atoms with Crippen LogP contribution in [0.4, 0.5) is 0 Å². The van der Waals surface area contributed by atoms with Crippen molar-refractivity contribution in [3.05, 3.63) is 36.5 Å². The molecule has 0 aliphatic heterocycles. The topological polar surface area (TPSA) is 69.6 Å². The number of nitrogens with one attached hydrogen (secondary N) is 1. The average Bonchev–Trinajstić information content (AvgIpc) is 3.06. The maximum atomic E-state index is 12.3. The van der Waals surface area contributed by atoms with Crippen LogP contribution in [0.2, 0.25) is 0 Å². The molecule has 0 aliphatic carbocycles. The highest BCUT2D eigenvalue weighted by molar-refractivity contribution is 5.76. The van der Waals surface area contributed by atoms with Gasteiger partial charge in [0.2, 0.25) is 5.91 Å². The quantitative estimate of drug-likeness (QED) is 0.0469. The second-order valence-corrected chi connectivity index (χ2v) is 13.7. The molecule has 3 N–H and O–H groups in total. The van der Waals surface area contributed by atoms with Crippen LogP contribution < -0.4 is 5.32 Å². The van der Waals surface area contributed by atoms with Crippen LogP contribution in [0.5, 0.6) is 0 Å². The molecule has 0 saturated heterocycles. The van der Waals surface area contributed by atoms with E-state index in [4.69, 9.17) is 0 Å². The standard InChI is InChI=1S/C42H79NO3/c1-3-5-7-9-11-13-15-17-19-20-21-22-24-26-28-30-32-34-36-38-42(46)43-40(39-44)41(45)37-35-33-31-29-27-25-23-18-16-14-12-10-8-6-4-2/h17,19,27,29,35,37,40-41,44-45H,3-16,18,20-26,28,30-34,36,38-39H2,1-2H3,(H,43,46)/b19-17+,29-27+,37-35+/t40-,41+/m0/s1. The van der Waals surface area contributed by atoms with Gasteiger partial charge in [0.15, 0.2) is 0 Å². The van der Waals surface area contributed by atoms with Gasteiger partial charge in [0.25, 0.3) is 0 Å². The molecule has 1 amide bonds. The molecule has 4 nitrogen and oxygen atoms in total. The number of carbonyl (C=O) groups excluding carboxylic acids is 1. The number of hydrogen-bond acceptors (Lipinski definition) is 3. The summed E-state index contributed by atoms with van der Waals surface area (Å²) >= 11 is 0. The van der Waals surface area contributed by atoms with Crippen molar-refractivity contribution in [1.82, 2.24) is 5.32 Å². The molecule has 0 aliphatic rings. The average molecular weight is 646 g/mol. The number of unbranched alkanes of at least 4 members (excludes halogenated alkanes) is 25. The summed E-state index contributed by atoms with van der Waals surface area (Å²) in [5, 5.41) is 22.9. The summed E-state index contributed by atoms with van der Waals surface area (Å²) in [5.74, 6) is -0.0769. The molecule has 270 valence electrons. The van der Waals surface area contributed by atoms with Crippen LogP contribution >= 0.6 is 0 Å². The van der Waals surface area contributed by atoms with E-state index in [-0.39, 0.29) is 12.5 Å². The van der Waals surface area contributed by atoms with E-state index in [2.05, 4.69) is 43.5 Å². The Hall–Kier alpha value is -1.39. The van der Waals surface area contributed by atoms with Gasteiger partial charge in [-0.3, -0.25) is 4.79 Å². The molecule has 0 aromatic heterocycles. The number of hydrogen-bond donors (Lipinski definition) is 3. The molecule has 0 aromatic carbocycles. The second-order valence-electron chi connectivity index (χ2n) is 13.7. The first-order valence-electron chi connectivity index (χ1n) is 20.2. The molecule has 0 spiro atoms. The van der Waals surface area contributed by atoms with Crippen molar-refractivity contribution in [3.63, 3.8) is 0 Å². The van der Waals surface area contributed by atoms with Gasteiger partial charge in [0.1, 0.15) is 0 Å². The van der Waals surface area contributed by atoms with Crippen molar-refractivity contribution in [2.75, 3.05) is 6.61 Å². The zero-order valence-corrected chi connectivity index (χ0v) is 30.8. The van der Waals surface area contributed by atoms with E-state index in [0.29, 0.717) is 6.42 Å². The Labute approximate surface area is 287 Å². The molecular weight excluding hydrogens is 566 g/mol. The molecule has 0 unspecified atom stereocenters. The van der Waals surface area contributed by atoms with Crippen molar-refractivity contribution in [1.29, 1.82) is 0 Å². The highest BCUT2D eigenvalue weighted by atomic mass is 16.3. The molecule has 0 saturated carbocycles. The fourth-order valence-corrected chi connectivity index (χ4v) is 5.95. The lowest BCUT2D eigenvalue weighted by Crippen LogP contribution is -2.45. The first-order chi connectivity index (χ1) is 22.7. The van der Waals surface area contributed by atoms with Crippen molar-refractivity contribution >= 4 is 5.91 Å². The fraction of sp³-hybridized carbons (Fsp3) is 0.833. The van der Waals surface area contributed by atoms with Crippen LogP contribution in [0.15, 0.2) is 36.5 Å². The van der Waals surface area contributed by atoms with E-state index in [1.807, 2.05) is 6.08 Å². The van der Waals surface area contributed by atoms with Crippen LogP contribution in [0.25, 0.3) is 0 Å². The van der Waals surface area contributed by atoms with Crippen LogP contribution in [0, 0.1) is 0 Å². The SMILES string of the molecule is CCCCCCCC/C=C/CCCCCCCCCCCC(=O)N[C@@H](CO)[C@H](O)/C=C/CC/C=C/CCCCCCCCCCC. The summed E-state index contributed by atoms with van der Waals surface area (Å²) in [6.07, 6.45) is 49.5. The molecular formula is C42H79NO3. The lowest BCUT2D eigenvalue weighted by atomic mass is 10.0. The summed E-state index contributed by atoms with van der Waals surface area (Å²) in [4.78, 5) is 12.3. The number of carbonyl (C=O) groups is 1. The molecule has 0 radical (unpaired) electrons. The minimum atomic E-state index is -0.860. The Bertz CT molecular complexity index is 701. The zero-order valence-electron chi connectivity index (χ0n) is 30.8. The van der Waals surface area contributed by atoms with Gasteiger partial charge in [-0.15, -0.1) is 0 Å². The van der Waals surface area contributed by atoms with Gasteiger partial charge in [-0.05, 0) is 57.8 Å². The molecule has 4 heteroatoms. The van der Waals surface area contributed by atoms with Crippen LogP contribution in [-0.2, 0) is 4.79 Å². The Morgan fingerprint density at radius 2 is 0.848 bits per heavy atom. The second kappa shape index (κ2) is 38.1. The van der Waals surface area contributed by atoms with Crippen LogP contribution in [-0.4, -0.2) is 34.9 Å². The summed E-state index contributed by atoms with van der Waals surface area (Å²) in [6, 6.07) is -0.637. The third kappa shape index (κ3) is 34.0. The van der Waals surface area contributed by atoms with Crippen molar-refractivity contribution in [2.24, 2.45) is 0 Å². The van der Waals surface area contributed by atoms with E-state index in [1.54, 1.807) is 6.08 Å². The Morgan fingerprint density at radius 3 is 1.26 bits per heavy atom. The van der Waals surface area contributed by atoms with Crippen molar-refractivity contribution < 1.29 is 15.0 Å². The van der Waals surface area contributed by atoms with Crippen molar-refractivity contribution in [2.45, 2.75) is 219 Å². The predicted octanol–water partition coefficient (Wildman–Crippen LogP) is 12.2. The summed E-state index contributed by atoms with van der Waals surface area (Å²) in [5.41, 5.74) is 0. The summed E-state index contributed by atoms with van der Waals surface area (Å²) in [7, 11) is 0. The summed E-state index contributed by atoms with van der Waals surface area (Å²) < 4.78 is 0. The smallest absolute Gasteiger partial charge is 0.220 e. The minimum Gasteiger partial charge on any atom is -0.394 e. The predicted molar refractivity (Wildman–Crippen MR) is 202 cm³/mol. The van der Waals surface area contributed by atoms with E-state index < -0.39 is 12.1 Å². The van der Waals surface area contributed by atoms with E-state index in [1.165, 1.54) is 154 Å². The normalized spacial score (nSPS) is 13.4. The van der Waals surface area contributed by atoms with Gasteiger partial charge >= 0.3 is 0 Å². The highest BCUT2D eigenvalue weighted by Crippen LogP contribution is 2.13. The monoisotopic (exact) mass is 646 g/mol. The fourth-order valence-electron chi connectivity index (χ4n) is 5.95. The van der Waals surface area contributed by atoms with Gasteiger partial charge in [0, 0.05) is 6.42 Å². The zero-order chi connectivity index (χ0) is 33.6. The molecule has 46 heavy (non-hydrogen) atoms. The Balaban J connectivity index is 3.63. The molecule has 0 rings (SSSR count). The number of aliphatic hydroxyl groups is 2. The maximum Gasteiger partial charge on any atom is 0.220 e. The van der Waals surface area contributed by atoms with E-state index in [0.717, 1.165) is 32.1 Å². The molecule has 2 atom stereocenters. The van der Waals surface area contributed by atoms with Gasteiger partial charge in [-0.1, -0.05) is 179 Å². The van der Waals surface area contributed by atoms with Gasteiger partial charge in [-0.25, -0.2) is 0 Å². The molecule has 0 bridgehead atoms. The molecule has 0 fully saturated rings. The minimum absolute atomic E-state index is 0.0769. The number of allylic oxidation sites excluding steroid dienone is 5. The number of amides is 1. The van der Waals surface area contributed by atoms with Gasteiger partial charge in [-0.2, -0.15) is 0 Å². The molecule has 0 heterocycles. The van der Waals surface area contributed by atoms with E-state index >= 15 is 0 Å². The third-order valence-corrected chi connectivity index (χ3v) is 9.10. The van der Waals surface area contributed by atoms with Crippen LogP contribution in [0.1, 0.15) is 206 Å². The largest absolute Gasteiger partial charge is 0.394 e. The highest BCUT2D eigenvalue weighted by Gasteiger charge is 2.17. The lowest BCUT2D eigenvalue weighted by Gasteiger charge is -2.19. The third-order valence-electron chi connectivity index (χ3n) is 9.10. The first kappa shape index (κ1) is 44.6. The maximum absolute atomic E-state index is 12.3. The van der Waals surface area contributed by atoms with E-state index in [9.17, 15) is 15.0 Å². The molecule has 0 aromatic rings. The number of rotatable bonds is 36. The van der Waals surface area contributed by atoms with Crippen LogP contribution in [0.3, 0.4) is 0 Å². The first-order valence-corrected chi connectivity index (χ1v) is 20.2. The number of aliphatic hydroxyl groups excluding tert-OH is 2. The van der Waals surface area contributed by atoms with Crippen molar-refractivity contribution in [3.8, 4) is 0 Å². The lowest BCUT2D eigenvalue weighted by molar-refractivity contribution is -0.123. The Morgan fingerprint density at radius 1 is 0.500 bits per heavy atom. The van der Waals surface area contributed by atoms with Gasteiger partial charge < -0.3 is 15.5 Å².